The van der Waals surface area contributed by atoms with E-state index < -0.39 is 0 Å². The van der Waals surface area contributed by atoms with Crippen LogP contribution in [0.2, 0.25) is 0 Å². The van der Waals surface area contributed by atoms with E-state index in [2.05, 4.69) is 159 Å². The summed E-state index contributed by atoms with van der Waals surface area (Å²) in [5.74, 6) is 0.884. The number of nitrogens with zero attached hydrogens (tertiary/aromatic N) is 4. The maximum atomic E-state index is 5.25. The zero-order chi connectivity index (χ0) is 26.9. The number of rotatable bonds is 3. The lowest BCUT2D eigenvalue weighted by Gasteiger charge is -2.12. The van der Waals surface area contributed by atoms with Gasteiger partial charge in [0.05, 0.1) is 33.1 Å². The van der Waals surface area contributed by atoms with Crippen molar-refractivity contribution in [2.45, 2.75) is 0 Å². The second kappa shape index (κ2) is 8.44. The monoisotopic (exact) mass is 524 g/mol. The van der Waals surface area contributed by atoms with Gasteiger partial charge in [-0.05, 0) is 60.7 Å². The number of hydrogen-bond donors (Lipinski definition) is 0. The normalized spacial score (nSPS) is 11.9. The van der Waals surface area contributed by atoms with Crippen LogP contribution in [0.15, 0.2) is 146 Å². The topological polar surface area (TPSA) is 27.7 Å². The van der Waals surface area contributed by atoms with Crippen LogP contribution >= 0.6 is 0 Å². The number of imidazole rings is 1. The zero-order valence-corrected chi connectivity index (χ0v) is 22.1. The van der Waals surface area contributed by atoms with Gasteiger partial charge in [-0.15, -0.1) is 0 Å². The van der Waals surface area contributed by atoms with E-state index in [1.54, 1.807) is 0 Å². The van der Waals surface area contributed by atoms with Gasteiger partial charge in [-0.2, -0.15) is 0 Å². The Bertz CT molecular complexity index is 2410. The second-order valence-electron chi connectivity index (χ2n) is 10.5. The summed E-state index contributed by atoms with van der Waals surface area (Å²) < 4.78 is 7.00. The smallest absolute Gasteiger partial charge is 0.220 e. The first kappa shape index (κ1) is 22.2. The molecule has 6 aromatic carbocycles. The van der Waals surface area contributed by atoms with Crippen molar-refractivity contribution >= 4 is 54.6 Å². The Balaban J connectivity index is 1.48. The molecule has 9 aromatic rings. The van der Waals surface area contributed by atoms with E-state index in [9.17, 15) is 0 Å². The molecule has 0 aliphatic heterocycles. The van der Waals surface area contributed by atoms with Crippen LogP contribution in [-0.2, 0) is 0 Å². The summed E-state index contributed by atoms with van der Waals surface area (Å²) in [6.07, 6.45) is 0. The Kier molecular flexibility index (Phi) is 4.58. The van der Waals surface area contributed by atoms with E-state index in [1.165, 1.54) is 32.6 Å². The summed E-state index contributed by atoms with van der Waals surface area (Å²) in [6, 6.07) is 51.6. The molecule has 0 spiro atoms. The van der Waals surface area contributed by atoms with Crippen molar-refractivity contribution in [3.05, 3.63) is 146 Å². The average molecular weight is 525 g/mol. The number of para-hydroxylation sites is 6. The minimum absolute atomic E-state index is 0.884. The van der Waals surface area contributed by atoms with Crippen LogP contribution in [0.3, 0.4) is 0 Å². The van der Waals surface area contributed by atoms with Crippen LogP contribution in [0.5, 0.6) is 0 Å². The molecule has 0 N–H and O–H groups in total. The molecule has 0 aliphatic rings. The van der Waals surface area contributed by atoms with E-state index >= 15 is 0 Å². The molecule has 0 bridgehead atoms. The molecule has 0 fully saturated rings. The molecule has 9 rings (SSSR count). The highest BCUT2D eigenvalue weighted by Crippen LogP contribution is 2.42. The third-order valence-corrected chi connectivity index (χ3v) is 8.24. The van der Waals surface area contributed by atoms with E-state index in [4.69, 9.17) is 4.98 Å². The fourth-order valence-corrected chi connectivity index (χ4v) is 6.58. The van der Waals surface area contributed by atoms with Crippen molar-refractivity contribution in [3.63, 3.8) is 0 Å². The first-order valence-corrected chi connectivity index (χ1v) is 13.9. The molecule has 3 heterocycles. The molecule has 0 amide bonds. The predicted molar refractivity (Wildman–Crippen MR) is 170 cm³/mol. The molecule has 0 saturated carbocycles. The number of benzene rings is 6. The lowest BCUT2D eigenvalue weighted by molar-refractivity contribution is 0.956. The molecule has 0 aliphatic carbocycles. The number of hydrogen-bond acceptors (Lipinski definition) is 1. The maximum Gasteiger partial charge on any atom is 0.220 e. The summed E-state index contributed by atoms with van der Waals surface area (Å²) in [5.41, 5.74) is 8.98. The summed E-state index contributed by atoms with van der Waals surface area (Å²) in [4.78, 5) is 5.25. The van der Waals surface area contributed by atoms with Gasteiger partial charge in [-0.3, -0.25) is 9.13 Å². The molecule has 0 radical (unpaired) electrons. The van der Waals surface area contributed by atoms with Crippen LogP contribution in [0.4, 0.5) is 0 Å². The average Bonchev–Trinajstić information content (AvgIpc) is 3.69. The van der Waals surface area contributed by atoms with E-state index in [0.717, 1.165) is 39.4 Å². The van der Waals surface area contributed by atoms with Crippen molar-refractivity contribution in [2.75, 3.05) is 0 Å². The van der Waals surface area contributed by atoms with Gasteiger partial charge in [0, 0.05) is 32.9 Å². The third kappa shape index (κ3) is 3.07. The molecular weight excluding hydrogens is 500 g/mol. The summed E-state index contributed by atoms with van der Waals surface area (Å²) in [5, 5.41) is 4.97. The van der Waals surface area contributed by atoms with Gasteiger partial charge in [-0.1, -0.05) is 84.9 Å². The van der Waals surface area contributed by atoms with Crippen molar-refractivity contribution in [3.8, 4) is 17.3 Å². The first-order chi connectivity index (χ1) is 20.4. The Morgan fingerprint density at radius 2 is 0.805 bits per heavy atom. The quantitative estimate of drug-likeness (QED) is 0.226. The highest BCUT2D eigenvalue weighted by molar-refractivity contribution is 6.28. The maximum absolute atomic E-state index is 5.25. The van der Waals surface area contributed by atoms with E-state index in [0.29, 0.717) is 0 Å². The fraction of sp³-hybridized carbons (Fsp3) is 0. The summed E-state index contributed by atoms with van der Waals surface area (Å²) >= 11 is 0. The van der Waals surface area contributed by atoms with Crippen molar-refractivity contribution in [1.82, 2.24) is 18.7 Å². The molecule has 0 atom stereocenters. The largest absolute Gasteiger partial charge is 0.309 e. The molecular formula is C37H24N4. The molecule has 0 saturated heterocycles. The summed E-state index contributed by atoms with van der Waals surface area (Å²) in [6.45, 7) is 0. The van der Waals surface area contributed by atoms with Crippen LogP contribution in [0.1, 0.15) is 0 Å². The third-order valence-electron chi connectivity index (χ3n) is 8.24. The van der Waals surface area contributed by atoms with Gasteiger partial charge in [-0.25, -0.2) is 4.98 Å². The van der Waals surface area contributed by atoms with Gasteiger partial charge in [0.25, 0.3) is 0 Å². The highest BCUT2D eigenvalue weighted by Gasteiger charge is 2.23. The standard InChI is InChI=1S/C37H24N4/c1-3-13-25(14-4-1)39-30-20-10-7-17-27(30)35-33(39)23-24-34-36(35)28-18-8-11-21-31(28)41(34)37-38-29-19-9-12-22-32(29)40(37)26-15-5-2-6-16-26/h1-24H. The molecule has 4 heteroatoms. The minimum atomic E-state index is 0.884. The van der Waals surface area contributed by atoms with Crippen molar-refractivity contribution < 1.29 is 0 Å². The first-order valence-electron chi connectivity index (χ1n) is 13.9. The molecule has 0 unspecified atom stereocenters. The Labute approximate surface area is 235 Å². The molecule has 192 valence electrons. The Morgan fingerprint density at radius 1 is 0.341 bits per heavy atom. The van der Waals surface area contributed by atoms with Gasteiger partial charge in [0.1, 0.15) is 0 Å². The SMILES string of the molecule is c1ccc(-n2c(-n3c4ccccc4c4c5c6ccccc6n(-c6ccccc6)c5ccc43)nc3ccccc32)cc1. The van der Waals surface area contributed by atoms with Gasteiger partial charge in [0.15, 0.2) is 0 Å². The highest BCUT2D eigenvalue weighted by atomic mass is 15.2. The second-order valence-corrected chi connectivity index (χ2v) is 10.5. The van der Waals surface area contributed by atoms with Crippen LogP contribution < -0.4 is 0 Å². The van der Waals surface area contributed by atoms with Gasteiger partial charge < -0.3 is 4.57 Å². The van der Waals surface area contributed by atoms with Crippen molar-refractivity contribution in [1.29, 1.82) is 0 Å². The fourth-order valence-electron chi connectivity index (χ4n) is 6.58. The number of fused-ring (bicyclic) bond motifs is 8. The van der Waals surface area contributed by atoms with Gasteiger partial charge in [0.2, 0.25) is 5.95 Å². The molecule has 41 heavy (non-hydrogen) atoms. The predicted octanol–water partition coefficient (Wildman–Crippen LogP) is 9.22. The lowest BCUT2D eigenvalue weighted by Crippen LogP contribution is -2.05. The Hall–Kier alpha value is -5.61. The molecule has 3 aromatic heterocycles. The minimum Gasteiger partial charge on any atom is -0.309 e. The lowest BCUT2D eigenvalue weighted by atomic mass is 10.1. The van der Waals surface area contributed by atoms with E-state index in [-0.39, 0.29) is 0 Å². The van der Waals surface area contributed by atoms with E-state index in [1.807, 2.05) is 0 Å². The number of aromatic nitrogens is 4. The zero-order valence-electron chi connectivity index (χ0n) is 22.1. The molecule has 4 nitrogen and oxygen atoms in total. The Morgan fingerprint density at radius 3 is 1.44 bits per heavy atom. The van der Waals surface area contributed by atoms with Crippen LogP contribution in [0, 0.1) is 0 Å². The van der Waals surface area contributed by atoms with Crippen LogP contribution in [0.25, 0.3) is 72.0 Å². The van der Waals surface area contributed by atoms with Crippen LogP contribution in [-0.4, -0.2) is 18.7 Å². The van der Waals surface area contributed by atoms with Gasteiger partial charge >= 0.3 is 0 Å². The summed E-state index contributed by atoms with van der Waals surface area (Å²) in [7, 11) is 0. The van der Waals surface area contributed by atoms with Crippen molar-refractivity contribution in [2.24, 2.45) is 0 Å².